The average Bonchev–Trinajstić information content (AvgIpc) is 2.76. The van der Waals surface area contributed by atoms with E-state index in [2.05, 4.69) is 0 Å². The van der Waals surface area contributed by atoms with Crippen LogP contribution in [0.25, 0.3) is 0 Å². The molecule has 1 heterocycles. The fraction of sp³-hybridized carbons (Fsp3) is 0.273. The largest absolute Gasteiger partial charge is 0.294 e. The molecule has 0 aliphatic carbocycles. The van der Waals surface area contributed by atoms with E-state index in [0.717, 1.165) is 0 Å². The minimum atomic E-state index is -4.17. The van der Waals surface area contributed by atoms with Gasteiger partial charge in [-0.1, -0.05) is 12.1 Å². The monoisotopic (exact) mass is 255 g/mol. The molecule has 1 unspecified atom stereocenters. The van der Waals surface area contributed by atoms with Crippen molar-refractivity contribution in [2.45, 2.75) is 17.9 Å². The molecule has 1 aliphatic rings. The molecule has 0 saturated heterocycles. The van der Waals surface area contributed by atoms with Gasteiger partial charge in [-0.2, -0.15) is 8.42 Å². The van der Waals surface area contributed by atoms with Crippen LogP contribution >= 0.6 is 0 Å². The summed E-state index contributed by atoms with van der Waals surface area (Å²) in [5.41, 5.74) is 0.687. The number of nitrogens with zero attached hydrogens (tertiary/aromatic N) is 1. The molecule has 2 rings (SSSR count). The minimum Gasteiger partial charge on any atom is -0.282 e. The molecule has 1 aliphatic heterocycles. The van der Waals surface area contributed by atoms with Crippen molar-refractivity contribution in [3.8, 4) is 0 Å². The van der Waals surface area contributed by atoms with Crippen LogP contribution in [0.15, 0.2) is 41.4 Å². The van der Waals surface area contributed by atoms with E-state index in [9.17, 15) is 8.42 Å². The topological polar surface area (TPSA) is 66.8 Å². The fourth-order valence-electron chi connectivity index (χ4n) is 1.59. The van der Waals surface area contributed by atoms with Crippen molar-refractivity contribution in [1.29, 1.82) is 0 Å². The molecular weight excluding hydrogens is 242 g/mol. The molecule has 1 aromatic carbocycles. The molecule has 0 radical (unpaired) electrons. The second-order valence-electron chi connectivity index (χ2n) is 3.65. The van der Waals surface area contributed by atoms with Gasteiger partial charge in [-0.3, -0.25) is 14.5 Å². The maximum Gasteiger partial charge on any atom is 0.294 e. The third-order valence-electron chi connectivity index (χ3n) is 2.47. The first-order chi connectivity index (χ1) is 8.00. The molecule has 1 N–H and O–H groups in total. The SMILES string of the molecule is CCN1C=CC(c2cccc(S(=O)(=O)O)c2)O1. The summed E-state index contributed by atoms with van der Waals surface area (Å²) < 4.78 is 31.0. The van der Waals surface area contributed by atoms with E-state index in [-0.39, 0.29) is 11.0 Å². The lowest BCUT2D eigenvalue weighted by Crippen LogP contribution is -2.14. The van der Waals surface area contributed by atoms with Gasteiger partial charge in [0.25, 0.3) is 10.1 Å². The van der Waals surface area contributed by atoms with E-state index in [4.69, 9.17) is 9.39 Å². The van der Waals surface area contributed by atoms with Crippen molar-refractivity contribution >= 4 is 10.1 Å². The number of hydroxylamine groups is 2. The molecule has 0 bridgehead atoms. The summed E-state index contributed by atoms with van der Waals surface area (Å²) in [6.07, 6.45) is 3.31. The lowest BCUT2D eigenvalue weighted by molar-refractivity contribution is -0.127. The Labute approximate surface area is 100 Å². The van der Waals surface area contributed by atoms with Gasteiger partial charge in [-0.05, 0) is 30.7 Å². The third kappa shape index (κ3) is 2.66. The van der Waals surface area contributed by atoms with Gasteiger partial charge in [0, 0.05) is 12.7 Å². The van der Waals surface area contributed by atoms with Gasteiger partial charge in [-0.25, -0.2) is 0 Å². The molecule has 0 aromatic heterocycles. The lowest BCUT2D eigenvalue weighted by Gasteiger charge is -2.16. The predicted octanol–water partition coefficient (Wildman–Crippen LogP) is 1.76. The van der Waals surface area contributed by atoms with Gasteiger partial charge in [0.2, 0.25) is 0 Å². The molecule has 1 atom stereocenters. The fourth-order valence-corrected chi connectivity index (χ4v) is 2.13. The highest BCUT2D eigenvalue weighted by atomic mass is 32.2. The minimum absolute atomic E-state index is 0.123. The van der Waals surface area contributed by atoms with Crippen molar-refractivity contribution in [3.63, 3.8) is 0 Å². The van der Waals surface area contributed by atoms with Gasteiger partial charge in [0.1, 0.15) is 6.10 Å². The zero-order valence-corrected chi connectivity index (χ0v) is 10.1. The first kappa shape index (κ1) is 12.1. The normalized spacial score (nSPS) is 19.9. The Hall–Kier alpha value is -1.37. The van der Waals surface area contributed by atoms with Crippen LogP contribution in [-0.2, 0) is 15.0 Å². The second kappa shape index (κ2) is 4.48. The molecule has 0 spiro atoms. The first-order valence-electron chi connectivity index (χ1n) is 5.20. The van der Waals surface area contributed by atoms with Gasteiger partial charge in [-0.15, -0.1) is 0 Å². The van der Waals surface area contributed by atoms with Crippen LogP contribution in [0.4, 0.5) is 0 Å². The summed E-state index contributed by atoms with van der Waals surface area (Å²) in [6, 6.07) is 6.08. The average molecular weight is 255 g/mol. The molecule has 6 heteroatoms. The van der Waals surface area contributed by atoms with Crippen molar-refractivity contribution in [1.82, 2.24) is 5.06 Å². The van der Waals surface area contributed by atoms with Crippen molar-refractivity contribution < 1.29 is 17.8 Å². The Morgan fingerprint density at radius 1 is 1.47 bits per heavy atom. The summed E-state index contributed by atoms with van der Waals surface area (Å²) >= 11 is 0. The van der Waals surface area contributed by atoms with Crippen LogP contribution < -0.4 is 0 Å². The Balaban J connectivity index is 2.27. The highest BCUT2D eigenvalue weighted by Crippen LogP contribution is 2.27. The molecule has 92 valence electrons. The summed E-state index contributed by atoms with van der Waals surface area (Å²) in [6.45, 7) is 2.66. The Morgan fingerprint density at radius 3 is 2.82 bits per heavy atom. The number of hydrogen-bond acceptors (Lipinski definition) is 4. The van der Waals surface area contributed by atoms with E-state index < -0.39 is 10.1 Å². The maximum atomic E-state index is 11.0. The van der Waals surface area contributed by atoms with Gasteiger partial charge >= 0.3 is 0 Å². The smallest absolute Gasteiger partial charge is 0.282 e. The molecule has 0 saturated carbocycles. The molecule has 1 aromatic rings. The standard InChI is InChI=1S/C11H13NO4S/c1-2-12-7-6-11(16-12)9-4-3-5-10(8-9)17(13,14)15/h3-8,11H,2H2,1H3,(H,13,14,15). The Morgan fingerprint density at radius 2 is 2.24 bits per heavy atom. The molecule has 0 amide bonds. The van der Waals surface area contributed by atoms with Gasteiger partial charge in [0.05, 0.1) is 4.90 Å². The molecule has 17 heavy (non-hydrogen) atoms. The first-order valence-corrected chi connectivity index (χ1v) is 6.64. The highest BCUT2D eigenvalue weighted by Gasteiger charge is 2.19. The molecular formula is C11H13NO4S. The lowest BCUT2D eigenvalue weighted by atomic mass is 10.1. The summed E-state index contributed by atoms with van der Waals surface area (Å²) in [4.78, 5) is 5.39. The van der Waals surface area contributed by atoms with E-state index in [1.54, 1.807) is 23.4 Å². The van der Waals surface area contributed by atoms with Crippen molar-refractivity contribution in [2.24, 2.45) is 0 Å². The van der Waals surface area contributed by atoms with Crippen molar-refractivity contribution in [3.05, 3.63) is 42.1 Å². The molecule has 0 fully saturated rings. The van der Waals surface area contributed by atoms with Crippen LogP contribution in [0.3, 0.4) is 0 Å². The molecule has 5 nitrogen and oxygen atoms in total. The van der Waals surface area contributed by atoms with Gasteiger partial charge < -0.3 is 0 Å². The van der Waals surface area contributed by atoms with E-state index in [1.165, 1.54) is 12.1 Å². The summed E-state index contributed by atoms with van der Waals surface area (Å²) in [5, 5.41) is 1.66. The van der Waals surface area contributed by atoms with Crippen LogP contribution in [0.2, 0.25) is 0 Å². The van der Waals surface area contributed by atoms with Crippen molar-refractivity contribution in [2.75, 3.05) is 6.54 Å². The Kier molecular flexibility index (Phi) is 3.19. The number of hydrogen-bond donors (Lipinski definition) is 1. The van der Waals surface area contributed by atoms with E-state index >= 15 is 0 Å². The quantitative estimate of drug-likeness (QED) is 0.833. The zero-order chi connectivity index (χ0) is 12.5. The van der Waals surface area contributed by atoms with Crippen LogP contribution in [0.5, 0.6) is 0 Å². The van der Waals surface area contributed by atoms with Gasteiger partial charge in [0.15, 0.2) is 0 Å². The van der Waals surface area contributed by atoms with E-state index in [0.29, 0.717) is 12.1 Å². The Bertz CT molecular complexity index is 538. The highest BCUT2D eigenvalue weighted by molar-refractivity contribution is 7.85. The second-order valence-corrected chi connectivity index (χ2v) is 5.07. The van der Waals surface area contributed by atoms with Crippen LogP contribution in [0, 0.1) is 0 Å². The summed E-state index contributed by atoms with van der Waals surface area (Å²) in [5.74, 6) is 0. The predicted molar refractivity (Wildman–Crippen MR) is 61.6 cm³/mol. The summed E-state index contributed by atoms with van der Waals surface area (Å²) in [7, 11) is -4.17. The maximum absolute atomic E-state index is 11.0. The number of benzene rings is 1. The van der Waals surface area contributed by atoms with E-state index in [1.807, 2.05) is 13.0 Å². The van der Waals surface area contributed by atoms with Crippen LogP contribution in [-0.4, -0.2) is 24.6 Å². The zero-order valence-electron chi connectivity index (χ0n) is 9.28. The third-order valence-corrected chi connectivity index (χ3v) is 3.32. The number of rotatable bonds is 3. The van der Waals surface area contributed by atoms with Crippen LogP contribution in [0.1, 0.15) is 18.6 Å².